The van der Waals surface area contributed by atoms with E-state index in [1.54, 1.807) is 0 Å². The van der Waals surface area contributed by atoms with Crippen LogP contribution in [0.25, 0.3) is 11.1 Å². The van der Waals surface area contributed by atoms with Gasteiger partial charge in [0.2, 0.25) is 0 Å². The van der Waals surface area contributed by atoms with Gasteiger partial charge in [0, 0.05) is 0 Å². The monoisotopic (exact) mass is 246 g/mol. The third-order valence-electron chi connectivity index (χ3n) is 3.81. The second kappa shape index (κ2) is 4.29. The minimum atomic E-state index is -0.608. The molecule has 0 radical (unpaired) electrons. The molecule has 3 rings (SSSR count). The van der Waals surface area contributed by atoms with E-state index < -0.39 is 5.41 Å². The fourth-order valence-electron chi connectivity index (χ4n) is 2.96. The van der Waals surface area contributed by atoms with Crippen molar-refractivity contribution >= 4 is 0 Å². The van der Waals surface area contributed by atoms with E-state index in [4.69, 9.17) is 5.73 Å². The Morgan fingerprint density at radius 2 is 1.53 bits per heavy atom. The van der Waals surface area contributed by atoms with Crippen LogP contribution in [-0.2, 0) is 5.41 Å². The molecule has 2 aromatic rings. The fourth-order valence-corrected chi connectivity index (χ4v) is 2.96. The number of nitrogens with two attached hydrogens (primary N) is 1. The van der Waals surface area contributed by atoms with E-state index in [1.165, 1.54) is 6.20 Å². The Morgan fingerprint density at radius 3 is 2.00 bits per heavy atom. The molecule has 0 atom stereocenters. The van der Waals surface area contributed by atoms with E-state index in [0.29, 0.717) is 6.42 Å². The molecular weight excluding hydrogens is 232 g/mol. The number of benzene rings is 2. The van der Waals surface area contributed by atoms with Crippen LogP contribution in [0.15, 0.2) is 60.8 Å². The summed E-state index contributed by atoms with van der Waals surface area (Å²) >= 11 is 0. The van der Waals surface area contributed by atoms with Crippen LogP contribution in [0.4, 0.5) is 0 Å². The molecule has 19 heavy (non-hydrogen) atoms. The molecule has 0 bridgehead atoms. The van der Waals surface area contributed by atoms with E-state index >= 15 is 0 Å². The lowest BCUT2D eigenvalue weighted by Gasteiger charge is -2.22. The Hall–Kier alpha value is -2.53. The predicted octanol–water partition coefficient (Wildman–Crippen LogP) is 3.34. The SMILES string of the molecule is N#CC1(CC=CN)c2ccccc2-c2ccccc21. The molecule has 0 aromatic heterocycles. The molecule has 2 aromatic carbocycles. The highest BCUT2D eigenvalue weighted by Gasteiger charge is 2.42. The van der Waals surface area contributed by atoms with Gasteiger partial charge in [0.1, 0.15) is 5.41 Å². The van der Waals surface area contributed by atoms with Crippen LogP contribution in [-0.4, -0.2) is 0 Å². The lowest BCUT2D eigenvalue weighted by molar-refractivity contribution is 0.688. The van der Waals surface area contributed by atoms with Gasteiger partial charge in [-0.1, -0.05) is 54.6 Å². The van der Waals surface area contributed by atoms with Crippen LogP contribution in [0, 0.1) is 11.3 Å². The molecule has 0 fully saturated rings. The van der Waals surface area contributed by atoms with Crippen molar-refractivity contribution in [1.29, 1.82) is 5.26 Å². The zero-order valence-corrected chi connectivity index (χ0v) is 10.5. The van der Waals surface area contributed by atoms with Crippen LogP contribution in [0.2, 0.25) is 0 Å². The molecule has 0 aliphatic heterocycles. The normalized spacial score (nSPS) is 14.9. The Bertz CT molecular complexity index is 647. The van der Waals surface area contributed by atoms with Gasteiger partial charge >= 0.3 is 0 Å². The number of nitriles is 1. The van der Waals surface area contributed by atoms with Gasteiger partial charge in [-0.05, 0) is 34.9 Å². The highest BCUT2D eigenvalue weighted by molar-refractivity contribution is 5.82. The van der Waals surface area contributed by atoms with Crippen molar-refractivity contribution in [2.24, 2.45) is 5.73 Å². The maximum Gasteiger partial charge on any atom is 0.112 e. The van der Waals surface area contributed by atoms with Crippen molar-refractivity contribution in [2.75, 3.05) is 0 Å². The molecule has 0 heterocycles. The number of allylic oxidation sites excluding steroid dienone is 1. The van der Waals surface area contributed by atoms with E-state index in [-0.39, 0.29) is 0 Å². The predicted molar refractivity (Wildman–Crippen MR) is 76.2 cm³/mol. The van der Waals surface area contributed by atoms with Crippen molar-refractivity contribution < 1.29 is 0 Å². The summed E-state index contributed by atoms with van der Waals surface area (Å²) in [5, 5.41) is 9.81. The average Bonchev–Trinajstić information content (AvgIpc) is 2.77. The van der Waals surface area contributed by atoms with Crippen LogP contribution >= 0.6 is 0 Å². The Balaban J connectivity index is 2.33. The van der Waals surface area contributed by atoms with Crippen LogP contribution < -0.4 is 5.73 Å². The zero-order chi connectivity index (χ0) is 13.3. The summed E-state index contributed by atoms with van der Waals surface area (Å²) in [4.78, 5) is 0. The molecule has 92 valence electrons. The minimum Gasteiger partial charge on any atom is -0.405 e. The Morgan fingerprint density at radius 1 is 1.00 bits per heavy atom. The molecule has 2 nitrogen and oxygen atoms in total. The maximum absolute atomic E-state index is 9.81. The summed E-state index contributed by atoms with van der Waals surface area (Å²) in [7, 11) is 0. The van der Waals surface area contributed by atoms with Crippen LogP contribution in [0.3, 0.4) is 0 Å². The van der Waals surface area contributed by atoms with Crippen molar-refractivity contribution in [3.8, 4) is 17.2 Å². The van der Waals surface area contributed by atoms with E-state index in [9.17, 15) is 5.26 Å². The lowest BCUT2D eigenvalue weighted by atomic mass is 9.77. The van der Waals surface area contributed by atoms with Gasteiger partial charge in [-0.2, -0.15) is 5.26 Å². The van der Waals surface area contributed by atoms with Crippen molar-refractivity contribution in [3.63, 3.8) is 0 Å². The van der Waals surface area contributed by atoms with Gasteiger partial charge in [-0.3, -0.25) is 0 Å². The molecule has 2 N–H and O–H groups in total. The average molecular weight is 246 g/mol. The highest BCUT2D eigenvalue weighted by atomic mass is 14.5. The molecule has 0 saturated carbocycles. The van der Waals surface area contributed by atoms with Gasteiger partial charge in [0.15, 0.2) is 0 Å². The number of nitrogens with zero attached hydrogens (tertiary/aromatic N) is 1. The third-order valence-corrected chi connectivity index (χ3v) is 3.81. The van der Waals surface area contributed by atoms with Gasteiger partial charge in [0.25, 0.3) is 0 Å². The summed E-state index contributed by atoms with van der Waals surface area (Å²) in [6.45, 7) is 0. The van der Waals surface area contributed by atoms with E-state index in [2.05, 4.69) is 18.2 Å². The van der Waals surface area contributed by atoms with Gasteiger partial charge < -0.3 is 5.73 Å². The first-order chi connectivity index (χ1) is 9.33. The second-order valence-electron chi connectivity index (χ2n) is 4.74. The second-order valence-corrected chi connectivity index (χ2v) is 4.74. The summed E-state index contributed by atoms with van der Waals surface area (Å²) < 4.78 is 0. The molecule has 0 spiro atoms. The lowest BCUT2D eigenvalue weighted by Crippen LogP contribution is -2.22. The van der Waals surface area contributed by atoms with Crippen LogP contribution in [0.5, 0.6) is 0 Å². The van der Waals surface area contributed by atoms with Crippen molar-refractivity contribution in [1.82, 2.24) is 0 Å². The molecule has 1 aliphatic rings. The summed E-state index contributed by atoms with van der Waals surface area (Å²) in [6.07, 6.45) is 3.98. The minimum absolute atomic E-state index is 0.605. The number of fused-ring (bicyclic) bond motifs is 3. The molecule has 2 heteroatoms. The number of rotatable bonds is 2. The van der Waals surface area contributed by atoms with Crippen molar-refractivity contribution in [2.45, 2.75) is 11.8 Å². The molecule has 0 amide bonds. The zero-order valence-electron chi connectivity index (χ0n) is 10.5. The van der Waals surface area contributed by atoms with E-state index in [0.717, 1.165) is 22.3 Å². The maximum atomic E-state index is 9.81. The number of hydrogen-bond donors (Lipinski definition) is 1. The summed E-state index contributed by atoms with van der Waals surface area (Å²) in [5.74, 6) is 0. The molecule has 1 aliphatic carbocycles. The molecular formula is C17H14N2. The first kappa shape index (κ1) is 11.6. The fraction of sp³-hybridized carbons (Fsp3) is 0.118. The van der Waals surface area contributed by atoms with Crippen molar-refractivity contribution in [3.05, 3.63) is 71.9 Å². The van der Waals surface area contributed by atoms with Gasteiger partial charge in [-0.25, -0.2) is 0 Å². The summed E-state index contributed by atoms with van der Waals surface area (Å²) in [6, 6.07) is 18.8. The quantitative estimate of drug-likeness (QED) is 0.883. The van der Waals surface area contributed by atoms with Gasteiger partial charge in [0.05, 0.1) is 6.07 Å². The number of hydrogen-bond acceptors (Lipinski definition) is 2. The first-order valence-corrected chi connectivity index (χ1v) is 6.31. The Kier molecular flexibility index (Phi) is 2.61. The highest BCUT2D eigenvalue weighted by Crippen LogP contribution is 2.50. The van der Waals surface area contributed by atoms with Crippen LogP contribution in [0.1, 0.15) is 17.5 Å². The Labute approximate surface area is 112 Å². The van der Waals surface area contributed by atoms with E-state index in [1.807, 2.05) is 42.5 Å². The van der Waals surface area contributed by atoms with Gasteiger partial charge in [-0.15, -0.1) is 0 Å². The topological polar surface area (TPSA) is 49.8 Å². The smallest absolute Gasteiger partial charge is 0.112 e. The standard InChI is InChI=1S/C17H14N2/c18-11-5-10-17(12-19)15-8-3-1-6-13(15)14-7-2-4-9-16(14)17/h1-9,11H,10,18H2. The third kappa shape index (κ3) is 1.49. The largest absolute Gasteiger partial charge is 0.405 e. The summed E-state index contributed by atoms with van der Waals surface area (Å²) in [5.41, 5.74) is 9.34. The molecule has 0 saturated heterocycles. The molecule has 0 unspecified atom stereocenters. The first-order valence-electron chi connectivity index (χ1n) is 6.31.